The van der Waals surface area contributed by atoms with Gasteiger partial charge in [0, 0.05) is 19.6 Å². The summed E-state index contributed by atoms with van der Waals surface area (Å²) in [5.74, 6) is 0.652. The van der Waals surface area contributed by atoms with Crippen molar-refractivity contribution in [2.24, 2.45) is 5.73 Å². The Morgan fingerprint density at radius 1 is 1.00 bits per heavy atom. The maximum absolute atomic E-state index is 13.1. The van der Waals surface area contributed by atoms with Crippen molar-refractivity contribution in [3.8, 4) is 0 Å². The van der Waals surface area contributed by atoms with Gasteiger partial charge in [0.2, 0.25) is 0 Å². The van der Waals surface area contributed by atoms with Crippen molar-refractivity contribution in [2.75, 3.05) is 34.2 Å². The lowest BCUT2D eigenvalue weighted by Gasteiger charge is -2.40. The molecule has 0 aliphatic rings. The summed E-state index contributed by atoms with van der Waals surface area (Å²) in [4.78, 5) is 16.9. The van der Waals surface area contributed by atoms with Crippen molar-refractivity contribution < 1.29 is 9.53 Å². The molecule has 0 aromatic heterocycles. The van der Waals surface area contributed by atoms with Gasteiger partial charge in [0.15, 0.2) is 0 Å². The van der Waals surface area contributed by atoms with E-state index in [-0.39, 0.29) is 12.1 Å². The second-order valence-corrected chi connectivity index (χ2v) is 8.59. The summed E-state index contributed by atoms with van der Waals surface area (Å²) in [6.45, 7) is 5.38. The van der Waals surface area contributed by atoms with E-state index in [0.717, 1.165) is 30.4 Å². The molecule has 2 aromatic rings. The molecule has 0 aliphatic carbocycles. The van der Waals surface area contributed by atoms with E-state index in [4.69, 9.17) is 10.5 Å². The van der Waals surface area contributed by atoms with E-state index in [1.54, 1.807) is 11.9 Å². The average molecular weight is 438 g/mol. The second-order valence-electron chi connectivity index (χ2n) is 8.59. The minimum absolute atomic E-state index is 0.242. The van der Waals surface area contributed by atoms with Crippen LogP contribution in [0.15, 0.2) is 72.5 Å². The number of ether oxygens (including phenoxy) is 1. The molecule has 0 fully saturated rings. The summed E-state index contributed by atoms with van der Waals surface area (Å²) in [7, 11) is 5.94. The average Bonchev–Trinajstić information content (AvgIpc) is 2.82. The highest BCUT2D eigenvalue weighted by molar-refractivity contribution is 5.69. The molecular weight excluding hydrogens is 398 g/mol. The van der Waals surface area contributed by atoms with E-state index in [9.17, 15) is 4.79 Å². The SMILES string of the molecule is C/C=C(\OC(=O)N(C)CCCCN)C(CC(C)N(C)C)(c1ccccc1)c1ccccc1. The van der Waals surface area contributed by atoms with Gasteiger partial charge in [0.05, 0.1) is 5.41 Å². The summed E-state index contributed by atoms with van der Waals surface area (Å²) in [6, 6.07) is 20.9. The van der Waals surface area contributed by atoms with Crippen LogP contribution >= 0.6 is 0 Å². The van der Waals surface area contributed by atoms with Crippen LogP contribution in [0.3, 0.4) is 0 Å². The van der Waals surface area contributed by atoms with Gasteiger partial charge in [-0.2, -0.15) is 0 Å². The van der Waals surface area contributed by atoms with Crippen LogP contribution in [0.25, 0.3) is 0 Å². The van der Waals surface area contributed by atoms with E-state index >= 15 is 0 Å². The lowest BCUT2D eigenvalue weighted by atomic mass is 9.68. The number of hydrogen-bond donors (Lipinski definition) is 1. The molecule has 0 radical (unpaired) electrons. The van der Waals surface area contributed by atoms with Crippen molar-refractivity contribution in [1.82, 2.24) is 9.80 Å². The smallest absolute Gasteiger partial charge is 0.414 e. The Morgan fingerprint density at radius 2 is 1.53 bits per heavy atom. The van der Waals surface area contributed by atoms with Gasteiger partial charge >= 0.3 is 6.09 Å². The van der Waals surface area contributed by atoms with Crippen LogP contribution in [-0.2, 0) is 10.2 Å². The van der Waals surface area contributed by atoms with Gasteiger partial charge in [0.1, 0.15) is 5.76 Å². The van der Waals surface area contributed by atoms with E-state index in [1.165, 1.54) is 0 Å². The molecule has 2 rings (SSSR count). The van der Waals surface area contributed by atoms with Gasteiger partial charge in [-0.05, 0) is 71.0 Å². The number of rotatable bonds is 11. The number of carbonyl (C=O) groups is 1. The number of nitrogens with zero attached hydrogens (tertiary/aromatic N) is 2. The van der Waals surface area contributed by atoms with Crippen LogP contribution in [0.4, 0.5) is 4.79 Å². The first-order valence-corrected chi connectivity index (χ1v) is 11.4. The van der Waals surface area contributed by atoms with Crippen molar-refractivity contribution in [1.29, 1.82) is 0 Å². The van der Waals surface area contributed by atoms with E-state index in [2.05, 4.69) is 50.2 Å². The lowest BCUT2D eigenvalue weighted by Crippen LogP contribution is -2.41. The molecule has 2 N–H and O–H groups in total. The molecule has 0 spiro atoms. The zero-order valence-electron chi connectivity index (χ0n) is 20.3. The van der Waals surface area contributed by atoms with Gasteiger partial charge in [-0.3, -0.25) is 0 Å². The predicted molar refractivity (Wildman–Crippen MR) is 133 cm³/mol. The Labute approximate surface area is 193 Å². The normalized spacial score (nSPS) is 13.2. The molecule has 0 heterocycles. The largest absolute Gasteiger partial charge is 0.414 e. The van der Waals surface area contributed by atoms with Crippen LogP contribution in [0.1, 0.15) is 44.2 Å². The van der Waals surface area contributed by atoms with Crippen LogP contribution in [-0.4, -0.2) is 56.2 Å². The predicted octanol–water partition coefficient (Wildman–Crippen LogP) is 5.02. The first-order valence-electron chi connectivity index (χ1n) is 11.4. The quantitative estimate of drug-likeness (QED) is 0.396. The molecule has 5 heteroatoms. The number of allylic oxidation sites excluding steroid dienone is 2. The third-order valence-electron chi connectivity index (χ3n) is 6.16. The number of nitrogens with two attached hydrogens (primary N) is 1. The molecular formula is C27H39N3O2. The molecule has 0 aliphatic heterocycles. The van der Waals surface area contributed by atoms with E-state index in [1.807, 2.05) is 49.4 Å². The molecule has 0 saturated carbocycles. The Balaban J connectivity index is 2.56. The standard InChI is InChI=1S/C27H39N3O2/c1-6-25(32-26(31)30(5)20-14-13-19-28)27(21-22(2)29(3)4,23-15-9-7-10-16-23)24-17-11-8-12-18-24/h6-12,15-18,22H,13-14,19-21,28H2,1-5H3/b25-6-. The van der Waals surface area contributed by atoms with Crippen molar-refractivity contribution >= 4 is 6.09 Å². The van der Waals surface area contributed by atoms with Gasteiger partial charge in [-0.1, -0.05) is 60.7 Å². The molecule has 0 saturated heterocycles. The van der Waals surface area contributed by atoms with Crippen molar-refractivity contribution in [3.05, 3.63) is 83.6 Å². The molecule has 2 aromatic carbocycles. The summed E-state index contributed by atoms with van der Waals surface area (Å²) in [5, 5.41) is 0. The number of benzene rings is 2. The third-order valence-corrected chi connectivity index (χ3v) is 6.16. The zero-order valence-corrected chi connectivity index (χ0v) is 20.3. The van der Waals surface area contributed by atoms with Gasteiger partial charge in [-0.15, -0.1) is 0 Å². The maximum Gasteiger partial charge on any atom is 0.414 e. The summed E-state index contributed by atoms with van der Waals surface area (Å²) >= 11 is 0. The minimum Gasteiger partial charge on any atom is -0.414 e. The van der Waals surface area contributed by atoms with Crippen LogP contribution in [0.2, 0.25) is 0 Å². The number of unbranched alkanes of at least 4 members (excludes halogenated alkanes) is 1. The Kier molecular flexibility index (Phi) is 9.95. The fourth-order valence-corrected chi connectivity index (χ4v) is 4.01. The molecule has 0 bridgehead atoms. The Bertz CT molecular complexity index is 810. The van der Waals surface area contributed by atoms with Crippen molar-refractivity contribution in [2.45, 2.75) is 44.6 Å². The highest BCUT2D eigenvalue weighted by atomic mass is 16.6. The molecule has 1 atom stereocenters. The maximum atomic E-state index is 13.1. The first kappa shape index (κ1) is 25.6. The van der Waals surface area contributed by atoms with E-state index < -0.39 is 5.41 Å². The molecule has 1 amide bonds. The van der Waals surface area contributed by atoms with Crippen molar-refractivity contribution in [3.63, 3.8) is 0 Å². The summed E-state index contributed by atoms with van der Waals surface area (Å²) in [5.41, 5.74) is 7.21. The number of hydrogen-bond acceptors (Lipinski definition) is 4. The molecule has 1 unspecified atom stereocenters. The Morgan fingerprint density at radius 3 is 1.97 bits per heavy atom. The van der Waals surface area contributed by atoms with Crippen LogP contribution < -0.4 is 5.73 Å². The Hall–Kier alpha value is -2.63. The first-order chi connectivity index (χ1) is 15.4. The fourth-order valence-electron chi connectivity index (χ4n) is 4.01. The minimum atomic E-state index is -0.602. The number of carbonyl (C=O) groups excluding carboxylic acids is 1. The zero-order chi connectivity index (χ0) is 23.6. The summed E-state index contributed by atoms with van der Waals surface area (Å²) < 4.78 is 6.15. The third kappa shape index (κ3) is 6.21. The second kappa shape index (κ2) is 12.4. The van der Waals surface area contributed by atoms with Gasteiger partial charge in [-0.25, -0.2) is 4.79 Å². The molecule has 5 nitrogen and oxygen atoms in total. The van der Waals surface area contributed by atoms with Crippen LogP contribution in [0, 0.1) is 0 Å². The van der Waals surface area contributed by atoms with Crippen LogP contribution in [0.5, 0.6) is 0 Å². The monoisotopic (exact) mass is 437 g/mol. The van der Waals surface area contributed by atoms with E-state index in [0.29, 0.717) is 18.8 Å². The summed E-state index contributed by atoms with van der Waals surface area (Å²) in [6.07, 6.45) is 4.09. The van der Waals surface area contributed by atoms with Gasteiger partial charge < -0.3 is 20.3 Å². The molecule has 32 heavy (non-hydrogen) atoms. The molecule has 174 valence electrons. The topological polar surface area (TPSA) is 58.8 Å². The highest BCUT2D eigenvalue weighted by Gasteiger charge is 2.42. The number of amides is 1. The fraction of sp³-hybridized carbons (Fsp3) is 0.444. The lowest BCUT2D eigenvalue weighted by molar-refractivity contribution is 0.121. The van der Waals surface area contributed by atoms with Gasteiger partial charge in [0.25, 0.3) is 0 Å². The highest BCUT2D eigenvalue weighted by Crippen LogP contribution is 2.44.